The van der Waals surface area contributed by atoms with Crippen LogP contribution in [0.3, 0.4) is 0 Å². The molecule has 5 rings (SSSR count). The van der Waals surface area contributed by atoms with Crippen LogP contribution in [-0.2, 0) is 6.54 Å². The quantitative estimate of drug-likeness (QED) is 0.349. The number of pyridine rings is 1. The fraction of sp³-hybridized carbons (Fsp3) is 0.240. The third-order valence-electron chi connectivity index (χ3n) is 5.65. The van der Waals surface area contributed by atoms with Gasteiger partial charge in [0.15, 0.2) is 5.65 Å². The molecule has 33 heavy (non-hydrogen) atoms. The summed E-state index contributed by atoms with van der Waals surface area (Å²) in [7, 11) is 0. The van der Waals surface area contributed by atoms with Gasteiger partial charge in [-0.05, 0) is 46.9 Å². The Bertz CT molecular complexity index is 1360. The van der Waals surface area contributed by atoms with Crippen molar-refractivity contribution in [1.29, 1.82) is 0 Å². The maximum absolute atomic E-state index is 6.03. The van der Waals surface area contributed by atoms with Crippen molar-refractivity contribution < 1.29 is 4.74 Å². The number of hydrogen-bond donors (Lipinski definition) is 1. The third kappa shape index (κ3) is 4.19. The summed E-state index contributed by atoms with van der Waals surface area (Å²) in [4.78, 5) is 9.33. The first-order chi connectivity index (χ1) is 16.2. The molecule has 0 unspecified atom stereocenters. The molecule has 0 atom stereocenters. The maximum Gasteiger partial charge on any atom is 0.298 e. The van der Waals surface area contributed by atoms with Crippen LogP contribution in [0.25, 0.3) is 33.7 Å². The van der Waals surface area contributed by atoms with Crippen LogP contribution in [0, 0.1) is 6.92 Å². The van der Waals surface area contributed by atoms with Gasteiger partial charge in [-0.3, -0.25) is 4.57 Å². The van der Waals surface area contributed by atoms with Gasteiger partial charge in [-0.25, -0.2) is 4.98 Å². The second kappa shape index (κ2) is 9.20. The zero-order chi connectivity index (χ0) is 22.6. The summed E-state index contributed by atoms with van der Waals surface area (Å²) in [6.07, 6.45) is 3.89. The Morgan fingerprint density at radius 1 is 1.00 bits per heavy atom. The van der Waals surface area contributed by atoms with Crippen LogP contribution in [0.1, 0.15) is 30.9 Å². The summed E-state index contributed by atoms with van der Waals surface area (Å²) in [5, 5.41) is 14.5. The predicted octanol–water partition coefficient (Wildman–Crippen LogP) is 4.81. The van der Waals surface area contributed by atoms with E-state index in [-0.39, 0.29) is 0 Å². The van der Waals surface area contributed by atoms with E-state index in [4.69, 9.17) is 9.72 Å². The number of aromatic amines is 1. The molecule has 3 heterocycles. The lowest BCUT2D eigenvalue weighted by atomic mass is 9.98. The van der Waals surface area contributed by atoms with Gasteiger partial charge in [0, 0.05) is 11.8 Å². The minimum absolute atomic E-state index is 0.579. The van der Waals surface area contributed by atoms with Crippen LogP contribution < -0.4 is 4.74 Å². The van der Waals surface area contributed by atoms with Gasteiger partial charge in [-0.1, -0.05) is 61.9 Å². The van der Waals surface area contributed by atoms with Gasteiger partial charge in [0.1, 0.15) is 5.52 Å². The molecule has 8 heteroatoms. The number of ether oxygens (including phenoxy) is 1. The van der Waals surface area contributed by atoms with Crippen LogP contribution in [0.5, 0.6) is 6.01 Å². The Morgan fingerprint density at radius 2 is 1.82 bits per heavy atom. The highest BCUT2D eigenvalue weighted by molar-refractivity contribution is 5.80. The number of tetrazole rings is 1. The van der Waals surface area contributed by atoms with E-state index in [2.05, 4.69) is 67.4 Å². The number of aryl methyl sites for hydroxylation is 1. The topological polar surface area (TPSA) is 94.4 Å². The van der Waals surface area contributed by atoms with E-state index in [0.717, 1.165) is 51.8 Å². The molecule has 5 aromatic rings. The van der Waals surface area contributed by atoms with Gasteiger partial charge in [0.05, 0.1) is 13.2 Å². The van der Waals surface area contributed by atoms with E-state index in [1.807, 2.05) is 37.4 Å². The average molecular weight is 440 g/mol. The van der Waals surface area contributed by atoms with Gasteiger partial charge in [0.2, 0.25) is 5.82 Å². The number of unbranched alkanes of at least 4 members (excludes halogenated alkanes) is 1. The molecule has 0 bridgehead atoms. The lowest BCUT2D eigenvalue weighted by Crippen LogP contribution is -2.07. The molecule has 0 fully saturated rings. The molecule has 0 aliphatic carbocycles. The number of aromatic nitrogens is 7. The van der Waals surface area contributed by atoms with E-state index in [0.29, 0.717) is 25.0 Å². The van der Waals surface area contributed by atoms with Crippen LogP contribution in [0.4, 0.5) is 0 Å². The number of hydrogen-bond acceptors (Lipinski definition) is 6. The molecule has 0 radical (unpaired) electrons. The van der Waals surface area contributed by atoms with Crippen molar-refractivity contribution in [3.63, 3.8) is 0 Å². The molecular formula is C25H25N7O. The van der Waals surface area contributed by atoms with Crippen molar-refractivity contribution in [1.82, 2.24) is 35.2 Å². The lowest BCUT2D eigenvalue weighted by molar-refractivity contribution is 0.275. The van der Waals surface area contributed by atoms with Crippen LogP contribution in [0.15, 0.2) is 60.8 Å². The molecule has 166 valence electrons. The fourth-order valence-electron chi connectivity index (χ4n) is 3.86. The summed E-state index contributed by atoms with van der Waals surface area (Å²) in [6, 6.07) is 19.1. The first-order valence-corrected chi connectivity index (χ1v) is 11.1. The number of imidazole rings is 1. The molecule has 0 aliphatic rings. The van der Waals surface area contributed by atoms with E-state index in [1.54, 1.807) is 0 Å². The lowest BCUT2D eigenvalue weighted by Gasteiger charge is -2.11. The third-order valence-corrected chi connectivity index (χ3v) is 5.65. The van der Waals surface area contributed by atoms with Crippen molar-refractivity contribution in [2.24, 2.45) is 0 Å². The maximum atomic E-state index is 6.03. The first-order valence-electron chi connectivity index (χ1n) is 11.1. The Labute approximate surface area is 191 Å². The van der Waals surface area contributed by atoms with E-state index < -0.39 is 0 Å². The predicted molar refractivity (Wildman–Crippen MR) is 127 cm³/mol. The number of benzene rings is 2. The van der Waals surface area contributed by atoms with Gasteiger partial charge in [-0.2, -0.15) is 10.2 Å². The first kappa shape index (κ1) is 20.8. The van der Waals surface area contributed by atoms with E-state index >= 15 is 0 Å². The minimum Gasteiger partial charge on any atom is -0.465 e. The number of nitrogens with one attached hydrogen (secondary N) is 1. The van der Waals surface area contributed by atoms with Crippen LogP contribution in [-0.4, -0.2) is 41.8 Å². The summed E-state index contributed by atoms with van der Waals surface area (Å²) < 4.78 is 8.08. The molecule has 1 N–H and O–H groups in total. The van der Waals surface area contributed by atoms with E-state index in [9.17, 15) is 0 Å². The van der Waals surface area contributed by atoms with Gasteiger partial charge in [0.25, 0.3) is 6.01 Å². The normalized spacial score (nSPS) is 11.2. The zero-order valence-electron chi connectivity index (χ0n) is 18.7. The molecule has 3 aromatic heterocycles. The van der Waals surface area contributed by atoms with Crippen molar-refractivity contribution in [2.45, 2.75) is 33.2 Å². The fourth-order valence-corrected chi connectivity index (χ4v) is 3.86. The molecule has 2 aromatic carbocycles. The van der Waals surface area contributed by atoms with Crippen molar-refractivity contribution in [3.8, 4) is 28.5 Å². The summed E-state index contributed by atoms with van der Waals surface area (Å²) in [6.45, 7) is 5.47. The molecule has 0 amide bonds. The van der Waals surface area contributed by atoms with Crippen LogP contribution >= 0.6 is 0 Å². The molecule has 0 spiro atoms. The molecule has 0 saturated carbocycles. The number of rotatable bonds is 8. The highest BCUT2D eigenvalue weighted by Gasteiger charge is 2.16. The number of nitrogens with zero attached hydrogens (tertiary/aromatic N) is 6. The molecule has 8 nitrogen and oxygen atoms in total. The minimum atomic E-state index is 0.579. The standard InChI is InChI=1S/C25H25N7O/c1-3-4-15-33-25-27-22-17(2)13-14-26-24(22)32(25)16-18-9-11-19(12-10-18)20-7-5-6-8-21(20)23-28-30-31-29-23/h5-14H,3-4,15-16H2,1-2H3,(H,28,29,30,31). The molecule has 0 aliphatic heterocycles. The van der Waals surface area contributed by atoms with Crippen molar-refractivity contribution in [3.05, 3.63) is 71.9 Å². The van der Waals surface area contributed by atoms with E-state index in [1.165, 1.54) is 0 Å². The summed E-state index contributed by atoms with van der Waals surface area (Å²) in [5.41, 5.74) is 7.03. The second-order valence-corrected chi connectivity index (χ2v) is 7.96. The second-order valence-electron chi connectivity index (χ2n) is 7.96. The molecular weight excluding hydrogens is 414 g/mol. The smallest absolute Gasteiger partial charge is 0.298 e. The summed E-state index contributed by atoms with van der Waals surface area (Å²) >= 11 is 0. The highest BCUT2D eigenvalue weighted by Crippen LogP contribution is 2.30. The van der Waals surface area contributed by atoms with Gasteiger partial charge < -0.3 is 4.74 Å². The van der Waals surface area contributed by atoms with Crippen molar-refractivity contribution in [2.75, 3.05) is 6.61 Å². The Balaban J connectivity index is 1.46. The van der Waals surface area contributed by atoms with Gasteiger partial charge in [-0.15, -0.1) is 10.2 Å². The van der Waals surface area contributed by atoms with Crippen molar-refractivity contribution >= 4 is 11.2 Å². The Hall–Kier alpha value is -4.07. The average Bonchev–Trinajstić information content (AvgIpc) is 3.50. The zero-order valence-corrected chi connectivity index (χ0v) is 18.7. The van der Waals surface area contributed by atoms with Gasteiger partial charge >= 0.3 is 0 Å². The molecule has 0 saturated heterocycles. The number of fused-ring (bicyclic) bond motifs is 1. The highest BCUT2D eigenvalue weighted by atomic mass is 16.5. The largest absolute Gasteiger partial charge is 0.465 e. The monoisotopic (exact) mass is 439 g/mol. The Kier molecular flexibility index (Phi) is 5.80. The number of H-pyrrole nitrogens is 1. The SMILES string of the molecule is CCCCOc1nc2c(C)ccnc2n1Cc1ccc(-c2ccccc2-c2nn[nH]n2)cc1. The van der Waals surface area contributed by atoms with Crippen LogP contribution in [0.2, 0.25) is 0 Å². The summed E-state index contributed by atoms with van der Waals surface area (Å²) in [5.74, 6) is 0.579. The Morgan fingerprint density at radius 3 is 2.58 bits per heavy atom.